The minimum Gasteiger partial charge on any atom is -0.392 e. The minimum absolute atomic E-state index is 0.0177. The Hall–Kier alpha value is -1.20. The second kappa shape index (κ2) is 4.88. The second-order valence-electron chi connectivity index (χ2n) is 2.55. The number of aliphatic hydroxyl groups excluding tert-OH is 1. The van der Waals surface area contributed by atoms with E-state index < -0.39 is 4.92 Å². The van der Waals surface area contributed by atoms with Gasteiger partial charge in [0.2, 0.25) is 0 Å². The fraction of sp³-hybridized carbons (Fsp3) is 0.111. The maximum atomic E-state index is 10.6. The standard InChI is InChI=1S/C9H8BrNO3/c10-8-4-3-7(2-1-5-12)9(6-8)11(13)14/h1-4,6,12H,5H2. The lowest BCUT2D eigenvalue weighted by molar-refractivity contribution is -0.385. The summed E-state index contributed by atoms with van der Waals surface area (Å²) in [6, 6.07) is 4.76. The SMILES string of the molecule is O=[N+]([O-])c1cc(Br)ccc1C=CCO. The van der Waals surface area contributed by atoms with Crippen LogP contribution in [-0.4, -0.2) is 16.6 Å². The number of benzene rings is 1. The highest BCUT2D eigenvalue weighted by atomic mass is 79.9. The number of halogens is 1. The van der Waals surface area contributed by atoms with Crippen molar-refractivity contribution >= 4 is 27.7 Å². The topological polar surface area (TPSA) is 63.4 Å². The molecule has 0 unspecified atom stereocenters. The zero-order valence-electron chi connectivity index (χ0n) is 7.18. The monoisotopic (exact) mass is 257 g/mol. The van der Waals surface area contributed by atoms with E-state index in [1.165, 1.54) is 18.2 Å². The molecule has 1 N–H and O–H groups in total. The number of aliphatic hydroxyl groups is 1. The highest BCUT2D eigenvalue weighted by Gasteiger charge is 2.11. The van der Waals surface area contributed by atoms with Crippen LogP contribution in [0, 0.1) is 10.1 Å². The van der Waals surface area contributed by atoms with E-state index in [2.05, 4.69) is 15.9 Å². The first kappa shape index (κ1) is 10.9. The van der Waals surface area contributed by atoms with E-state index in [1.54, 1.807) is 12.1 Å². The summed E-state index contributed by atoms with van der Waals surface area (Å²) < 4.78 is 0.658. The summed E-state index contributed by atoms with van der Waals surface area (Å²) >= 11 is 3.15. The molecular formula is C9H8BrNO3. The summed E-state index contributed by atoms with van der Waals surface area (Å²) in [4.78, 5) is 10.2. The summed E-state index contributed by atoms with van der Waals surface area (Å²) in [6.45, 7) is -0.132. The average Bonchev–Trinajstić information content (AvgIpc) is 2.15. The Kier molecular flexibility index (Phi) is 3.79. The Balaban J connectivity index is 3.15. The fourth-order valence-electron chi connectivity index (χ4n) is 0.996. The lowest BCUT2D eigenvalue weighted by Crippen LogP contribution is -1.91. The van der Waals surface area contributed by atoms with Crippen LogP contribution in [0.4, 0.5) is 5.69 Å². The van der Waals surface area contributed by atoms with E-state index in [4.69, 9.17) is 5.11 Å². The molecule has 4 nitrogen and oxygen atoms in total. The second-order valence-corrected chi connectivity index (χ2v) is 3.46. The van der Waals surface area contributed by atoms with Crippen molar-refractivity contribution in [2.24, 2.45) is 0 Å². The van der Waals surface area contributed by atoms with Crippen LogP contribution in [-0.2, 0) is 0 Å². The van der Waals surface area contributed by atoms with E-state index in [9.17, 15) is 10.1 Å². The van der Waals surface area contributed by atoms with Crippen LogP contribution in [0.15, 0.2) is 28.7 Å². The molecule has 1 aromatic carbocycles. The van der Waals surface area contributed by atoms with Crippen molar-refractivity contribution in [1.82, 2.24) is 0 Å². The van der Waals surface area contributed by atoms with Gasteiger partial charge in [0.1, 0.15) is 0 Å². The Labute approximate surface area is 89.2 Å². The molecule has 0 aliphatic heterocycles. The van der Waals surface area contributed by atoms with Crippen molar-refractivity contribution < 1.29 is 10.0 Å². The zero-order chi connectivity index (χ0) is 10.6. The van der Waals surface area contributed by atoms with Crippen molar-refractivity contribution in [1.29, 1.82) is 0 Å². The molecule has 1 aromatic rings. The van der Waals surface area contributed by atoms with Crippen LogP contribution in [0.1, 0.15) is 5.56 Å². The van der Waals surface area contributed by atoms with Gasteiger partial charge >= 0.3 is 0 Å². The van der Waals surface area contributed by atoms with Gasteiger partial charge in [-0.1, -0.05) is 22.0 Å². The predicted octanol–water partition coefficient (Wildman–Crippen LogP) is 2.36. The summed E-state index contributed by atoms with van der Waals surface area (Å²) in [7, 11) is 0. The van der Waals surface area contributed by atoms with Gasteiger partial charge < -0.3 is 5.11 Å². The molecule has 0 aromatic heterocycles. The van der Waals surface area contributed by atoms with E-state index in [1.807, 2.05) is 0 Å². The third-order valence-corrected chi connectivity index (χ3v) is 2.09. The Morgan fingerprint density at radius 2 is 2.29 bits per heavy atom. The maximum Gasteiger partial charge on any atom is 0.277 e. The summed E-state index contributed by atoms with van der Waals surface area (Å²) in [6.07, 6.45) is 2.97. The predicted molar refractivity (Wildman–Crippen MR) is 56.9 cm³/mol. The van der Waals surface area contributed by atoms with Gasteiger partial charge in [-0.05, 0) is 18.2 Å². The van der Waals surface area contributed by atoms with Crippen LogP contribution in [0.5, 0.6) is 0 Å². The van der Waals surface area contributed by atoms with E-state index in [0.29, 0.717) is 10.0 Å². The highest BCUT2D eigenvalue weighted by Crippen LogP contribution is 2.24. The van der Waals surface area contributed by atoms with E-state index >= 15 is 0 Å². The first-order valence-electron chi connectivity index (χ1n) is 3.86. The molecule has 0 aliphatic carbocycles. The van der Waals surface area contributed by atoms with Gasteiger partial charge in [-0.3, -0.25) is 10.1 Å². The van der Waals surface area contributed by atoms with Gasteiger partial charge in [-0.15, -0.1) is 0 Å². The molecule has 0 spiro atoms. The van der Waals surface area contributed by atoms with Crippen molar-refractivity contribution in [3.05, 3.63) is 44.4 Å². The van der Waals surface area contributed by atoms with Crippen molar-refractivity contribution in [3.8, 4) is 0 Å². The molecule has 14 heavy (non-hydrogen) atoms. The Morgan fingerprint density at radius 1 is 1.57 bits per heavy atom. The molecule has 0 saturated carbocycles. The van der Waals surface area contributed by atoms with Gasteiger partial charge in [0.05, 0.1) is 17.1 Å². The van der Waals surface area contributed by atoms with Crippen LogP contribution in [0.25, 0.3) is 6.08 Å². The fourth-order valence-corrected chi connectivity index (χ4v) is 1.34. The summed E-state index contributed by atoms with van der Waals surface area (Å²) in [5, 5.41) is 19.2. The van der Waals surface area contributed by atoms with Gasteiger partial charge in [-0.25, -0.2) is 0 Å². The zero-order valence-corrected chi connectivity index (χ0v) is 8.77. The molecule has 0 radical (unpaired) electrons. The van der Waals surface area contributed by atoms with E-state index in [-0.39, 0.29) is 12.3 Å². The maximum absolute atomic E-state index is 10.6. The molecule has 0 bridgehead atoms. The van der Waals surface area contributed by atoms with Crippen LogP contribution >= 0.6 is 15.9 Å². The average molecular weight is 258 g/mol. The molecule has 0 saturated heterocycles. The molecular weight excluding hydrogens is 250 g/mol. The quantitative estimate of drug-likeness (QED) is 0.668. The van der Waals surface area contributed by atoms with Crippen molar-refractivity contribution in [2.45, 2.75) is 0 Å². The number of hydrogen-bond acceptors (Lipinski definition) is 3. The van der Waals surface area contributed by atoms with Gasteiger partial charge in [0.25, 0.3) is 5.69 Å². The molecule has 5 heteroatoms. The number of hydrogen-bond donors (Lipinski definition) is 1. The van der Waals surface area contributed by atoms with Gasteiger partial charge in [0.15, 0.2) is 0 Å². The molecule has 0 fully saturated rings. The van der Waals surface area contributed by atoms with Crippen LogP contribution in [0.2, 0.25) is 0 Å². The highest BCUT2D eigenvalue weighted by molar-refractivity contribution is 9.10. The summed E-state index contributed by atoms with van der Waals surface area (Å²) in [5.41, 5.74) is 0.497. The Morgan fingerprint density at radius 3 is 2.86 bits per heavy atom. The van der Waals surface area contributed by atoms with Crippen LogP contribution in [0.3, 0.4) is 0 Å². The van der Waals surface area contributed by atoms with E-state index in [0.717, 1.165) is 0 Å². The van der Waals surface area contributed by atoms with Crippen molar-refractivity contribution in [2.75, 3.05) is 6.61 Å². The lowest BCUT2D eigenvalue weighted by atomic mass is 10.1. The molecule has 0 atom stereocenters. The number of nitro groups is 1. The van der Waals surface area contributed by atoms with Gasteiger partial charge in [0, 0.05) is 10.5 Å². The molecule has 74 valence electrons. The lowest BCUT2D eigenvalue weighted by Gasteiger charge is -1.97. The number of nitrogens with zero attached hydrogens (tertiary/aromatic N) is 1. The minimum atomic E-state index is -0.457. The first-order chi connectivity index (χ1) is 6.65. The normalized spacial score (nSPS) is 10.7. The third kappa shape index (κ3) is 2.65. The van der Waals surface area contributed by atoms with Crippen molar-refractivity contribution in [3.63, 3.8) is 0 Å². The van der Waals surface area contributed by atoms with Crippen LogP contribution < -0.4 is 0 Å². The first-order valence-corrected chi connectivity index (χ1v) is 4.66. The third-order valence-electron chi connectivity index (χ3n) is 1.59. The van der Waals surface area contributed by atoms with Gasteiger partial charge in [-0.2, -0.15) is 0 Å². The number of nitro benzene ring substituents is 1. The largest absolute Gasteiger partial charge is 0.392 e. The smallest absolute Gasteiger partial charge is 0.277 e. The molecule has 0 amide bonds. The Bertz CT molecular complexity index is 376. The molecule has 0 heterocycles. The summed E-state index contributed by atoms with van der Waals surface area (Å²) in [5.74, 6) is 0. The molecule has 1 rings (SSSR count). The number of rotatable bonds is 3. The molecule has 0 aliphatic rings.